The first kappa shape index (κ1) is 21.6. The average Bonchev–Trinajstić information content (AvgIpc) is 2.67. The molecule has 0 saturated carbocycles. The van der Waals surface area contributed by atoms with Gasteiger partial charge in [-0.05, 0) is 24.6 Å². The molecule has 1 aromatic carbocycles. The number of amides is 2. The normalized spacial score (nSPS) is 15.3. The van der Waals surface area contributed by atoms with Crippen LogP contribution in [0.2, 0.25) is 5.02 Å². The lowest BCUT2D eigenvalue weighted by Crippen LogP contribution is -2.40. The monoisotopic (exact) mass is 417 g/mol. The largest absolute Gasteiger partial charge is 0.379 e. The summed E-state index contributed by atoms with van der Waals surface area (Å²) in [6.07, 6.45) is 2.74. The van der Waals surface area contributed by atoms with Crippen molar-refractivity contribution in [3.63, 3.8) is 0 Å². The number of ether oxygens (including phenoxy) is 1. The molecule has 8 nitrogen and oxygen atoms in total. The fourth-order valence-electron chi connectivity index (χ4n) is 2.53. The molecule has 2 N–H and O–H groups in total. The van der Waals surface area contributed by atoms with Gasteiger partial charge in [0.25, 0.3) is 0 Å². The zero-order valence-electron chi connectivity index (χ0n) is 15.2. The van der Waals surface area contributed by atoms with Crippen LogP contribution in [0.15, 0.2) is 23.1 Å². The van der Waals surface area contributed by atoms with E-state index in [2.05, 4.69) is 10.6 Å². The summed E-state index contributed by atoms with van der Waals surface area (Å²) in [5.41, 5.74) is 0.0692. The highest BCUT2D eigenvalue weighted by atomic mass is 35.5. The quantitative estimate of drug-likeness (QED) is 0.518. The van der Waals surface area contributed by atoms with Gasteiger partial charge in [0, 0.05) is 19.6 Å². The number of nitrogens with zero attached hydrogens (tertiary/aromatic N) is 1. The summed E-state index contributed by atoms with van der Waals surface area (Å²) in [6, 6.07) is 4.01. The molecule has 1 aromatic rings. The Morgan fingerprint density at radius 1 is 1.19 bits per heavy atom. The second-order valence-electron chi connectivity index (χ2n) is 6.08. The number of benzene rings is 1. The van der Waals surface area contributed by atoms with E-state index in [9.17, 15) is 18.0 Å². The summed E-state index contributed by atoms with van der Waals surface area (Å²) in [5, 5.41) is 5.04. The molecule has 1 aliphatic rings. The SMILES string of the molecule is CCCCCNC(=O)C(=O)Nc1cc(S(=O)(=O)N2CCOCC2)ccc1Cl. The molecule has 1 fully saturated rings. The number of carbonyl (C=O) groups is 2. The Labute approximate surface area is 164 Å². The Morgan fingerprint density at radius 2 is 1.89 bits per heavy atom. The summed E-state index contributed by atoms with van der Waals surface area (Å²) in [4.78, 5) is 23.9. The van der Waals surface area contributed by atoms with Crippen LogP contribution in [0.1, 0.15) is 26.2 Å². The van der Waals surface area contributed by atoms with Crippen molar-refractivity contribution in [2.75, 3.05) is 38.2 Å². The van der Waals surface area contributed by atoms with E-state index in [0.717, 1.165) is 19.3 Å². The molecule has 0 spiro atoms. The van der Waals surface area contributed by atoms with Gasteiger partial charge in [0.15, 0.2) is 0 Å². The number of anilines is 1. The molecule has 150 valence electrons. The molecular formula is C17H24ClN3O5S. The van der Waals surface area contributed by atoms with Crippen LogP contribution in [0.5, 0.6) is 0 Å². The first-order valence-corrected chi connectivity index (χ1v) is 10.6. The predicted molar refractivity (Wildman–Crippen MR) is 102 cm³/mol. The summed E-state index contributed by atoms with van der Waals surface area (Å²) in [6.45, 7) is 3.61. The number of morpholine rings is 1. The van der Waals surface area contributed by atoms with Crippen molar-refractivity contribution >= 4 is 39.1 Å². The summed E-state index contributed by atoms with van der Waals surface area (Å²) >= 11 is 6.05. The van der Waals surface area contributed by atoms with E-state index in [1.165, 1.54) is 22.5 Å². The molecule has 1 aliphatic heterocycles. The molecule has 0 unspecified atom stereocenters. The topological polar surface area (TPSA) is 105 Å². The standard InChI is InChI=1S/C17H24ClN3O5S/c1-2-3-4-7-19-16(22)17(23)20-15-12-13(5-6-14(15)18)27(24,25)21-8-10-26-11-9-21/h5-6,12H,2-4,7-11H2,1H3,(H,19,22)(H,20,23). The van der Waals surface area contributed by atoms with E-state index in [1.54, 1.807) is 0 Å². The first-order chi connectivity index (χ1) is 12.9. The van der Waals surface area contributed by atoms with Crippen LogP contribution in [-0.2, 0) is 24.3 Å². The van der Waals surface area contributed by atoms with Crippen molar-refractivity contribution in [3.8, 4) is 0 Å². The summed E-state index contributed by atoms with van der Waals surface area (Å²) in [5.74, 6) is -1.68. The lowest BCUT2D eigenvalue weighted by atomic mass is 10.2. The third-order valence-corrected chi connectivity index (χ3v) is 6.29. The van der Waals surface area contributed by atoms with E-state index in [1.807, 2.05) is 6.92 Å². The number of unbranched alkanes of at least 4 members (excludes halogenated alkanes) is 2. The Balaban J connectivity index is 2.08. The molecular weight excluding hydrogens is 394 g/mol. The molecule has 0 aromatic heterocycles. The maximum absolute atomic E-state index is 12.7. The first-order valence-electron chi connectivity index (χ1n) is 8.83. The molecule has 0 bridgehead atoms. The van der Waals surface area contributed by atoms with Crippen LogP contribution in [0.4, 0.5) is 5.69 Å². The van der Waals surface area contributed by atoms with Crippen LogP contribution in [0, 0.1) is 0 Å². The Bertz CT molecular complexity index is 779. The number of rotatable bonds is 7. The number of nitrogens with one attached hydrogen (secondary N) is 2. The molecule has 0 atom stereocenters. The number of sulfonamides is 1. The smallest absolute Gasteiger partial charge is 0.313 e. The number of hydrogen-bond acceptors (Lipinski definition) is 5. The van der Waals surface area contributed by atoms with Gasteiger partial charge < -0.3 is 15.4 Å². The number of hydrogen-bond donors (Lipinski definition) is 2. The minimum absolute atomic E-state index is 0.00699. The van der Waals surface area contributed by atoms with Crippen LogP contribution >= 0.6 is 11.6 Å². The number of halogens is 1. The van der Waals surface area contributed by atoms with Gasteiger partial charge in [-0.3, -0.25) is 9.59 Å². The minimum atomic E-state index is -3.74. The van der Waals surface area contributed by atoms with Gasteiger partial charge >= 0.3 is 11.8 Å². The van der Waals surface area contributed by atoms with Gasteiger partial charge in [0.2, 0.25) is 10.0 Å². The van der Waals surface area contributed by atoms with Crippen molar-refractivity contribution < 1.29 is 22.7 Å². The molecule has 1 heterocycles. The van der Waals surface area contributed by atoms with E-state index < -0.39 is 21.8 Å². The molecule has 1 saturated heterocycles. The van der Waals surface area contributed by atoms with Gasteiger partial charge in [0.1, 0.15) is 0 Å². The van der Waals surface area contributed by atoms with E-state index in [0.29, 0.717) is 19.8 Å². The highest BCUT2D eigenvalue weighted by molar-refractivity contribution is 7.89. The lowest BCUT2D eigenvalue weighted by molar-refractivity contribution is -0.136. The van der Waals surface area contributed by atoms with Gasteiger partial charge in [-0.25, -0.2) is 8.42 Å². The fraction of sp³-hybridized carbons (Fsp3) is 0.529. The highest BCUT2D eigenvalue weighted by Crippen LogP contribution is 2.27. The Kier molecular flexibility index (Phi) is 8.03. The molecule has 2 amide bonds. The van der Waals surface area contributed by atoms with Gasteiger partial charge in [-0.1, -0.05) is 31.4 Å². The Morgan fingerprint density at radius 3 is 2.56 bits per heavy atom. The fourth-order valence-corrected chi connectivity index (χ4v) is 4.13. The third-order valence-electron chi connectivity index (χ3n) is 4.07. The van der Waals surface area contributed by atoms with Crippen LogP contribution < -0.4 is 10.6 Å². The zero-order valence-corrected chi connectivity index (χ0v) is 16.7. The average molecular weight is 418 g/mol. The van der Waals surface area contributed by atoms with Crippen molar-refractivity contribution in [3.05, 3.63) is 23.2 Å². The lowest BCUT2D eigenvalue weighted by Gasteiger charge is -2.26. The van der Waals surface area contributed by atoms with Crippen molar-refractivity contribution in [1.82, 2.24) is 9.62 Å². The Hall–Kier alpha value is -1.68. The van der Waals surface area contributed by atoms with Crippen LogP contribution in [0.25, 0.3) is 0 Å². The van der Waals surface area contributed by atoms with Gasteiger partial charge in [0.05, 0.1) is 28.8 Å². The molecule has 0 aliphatic carbocycles. The predicted octanol–water partition coefficient (Wildman–Crippen LogP) is 1.61. The van der Waals surface area contributed by atoms with Crippen molar-refractivity contribution in [2.24, 2.45) is 0 Å². The van der Waals surface area contributed by atoms with Gasteiger partial charge in [-0.15, -0.1) is 0 Å². The second kappa shape index (κ2) is 10.0. The maximum Gasteiger partial charge on any atom is 0.313 e. The third kappa shape index (κ3) is 5.90. The van der Waals surface area contributed by atoms with Gasteiger partial charge in [-0.2, -0.15) is 4.31 Å². The molecule has 2 rings (SSSR count). The van der Waals surface area contributed by atoms with Crippen molar-refractivity contribution in [2.45, 2.75) is 31.1 Å². The second-order valence-corrected chi connectivity index (χ2v) is 8.42. The summed E-state index contributed by atoms with van der Waals surface area (Å²) < 4.78 is 31.9. The summed E-state index contributed by atoms with van der Waals surface area (Å²) in [7, 11) is -3.74. The maximum atomic E-state index is 12.7. The highest BCUT2D eigenvalue weighted by Gasteiger charge is 2.27. The van der Waals surface area contributed by atoms with E-state index in [4.69, 9.17) is 16.3 Å². The zero-order chi connectivity index (χ0) is 19.9. The van der Waals surface area contributed by atoms with Crippen molar-refractivity contribution in [1.29, 1.82) is 0 Å². The van der Waals surface area contributed by atoms with Crippen LogP contribution in [-0.4, -0.2) is 57.4 Å². The number of carbonyl (C=O) groups excluding carboxylic acids is 2. The van der Waals surface area contributed by atoms with Crippen LogP contribution in [0.3, 0.4) is 0 Å². The molecule has 10 heteroatoms. The van der Waals surface area contributed by atoms with E-state index in [-0.39, 0.29) is 28.7 Å². The molecule has 27 heavy (non-hydrogen) atoms. The minimum Gasteiger partial charge on any atom is -0.379 e. The molecule has 0 radical (unpaired) electrons. The van der Waals surface area contributed by atoms with E-state index >= 15 is 0 Å².